The van der Waals surface area contributed by atoms with Gasteiger partial charge in [0.25, 0.3) is 5.69 Å². The van der Waals surface area contributed by atoms with E-state index in [0.29, 0.717) is 25.2 Å². The number of esters is 2. The molecule has 0 aliphatic rings. The summed E-state index contributed by atoms with van der Waals surface area (Å²) in [7, 11) is 0. The molecule has 8 nitrogen and oxygen atoms in total. The third-order valence-electron chi connectivity index (χ3n) is 6.15. The Morgan fingerprint density at radius 3 is 1.61 bits per heavy atom. The molecule has 1 aromatic carbocycles. The summed E-state index contributed by atoms with van der Waals surface area (Å²) in [6.45, 7) is 1.32. The predicted octanol–water partition coefficient (Wildman–Crippen LogP) is 7.02. The first-order valence-corrected chi connectivity index (χ1v) is 13.8. The van der Waals surface area contributed by atoms with Gasteiger partial charge in [-0.1, -0.05) is 77.0 Å². The molecule has 0 aromatic heterocycles. The smallest absolute Gasteiger partial charge is 0.311 e. The molecule has 0 bridgehead atoms. The molecule has 0 fully saturated rings. The number of benzene rings is 1. The van der Waals surface area contributed by atoms with E-state index in [0.717, 1.165) is 77.2 Å². The summed E-state index contributed by atoms with van der Waals surface area (Å²) in [5.74, 6) is -0.0471. The summed E-state index contributed by atoms with van der Waals surface area (Å²) in [5.41, 5.74) is 5.46. The van der Waals surface area contributed by atoms with Crippen LogP contribution in [0, 0.1) is 10.1 Å². The summed E-state index contributed by atoms with van der Waals surface area (Å²) >= 11 is 0. The zero-order chi connectivity index (χ0) is 26.3. The Morgan fingerprint density at radius 2 is 1.11 bits per heavy atom. The monoisotopic (exact) mass is 506 g/mol. The Balaban J connectivity index is 1.84. The van der Waals surface area contributed by atoms with E-state index in [1.165, 1.54) is 56.4 Å². The number of carbonyl (C=O) groups is 2. The number of carbonyl (C=O) groups excluding carboxylic acids is 2. The van der Waals surface area contributed by atoms with Gasteiger partial charge in [-0.2, -0.15) is 0 Å². The van der Waals surface area contributed by atoms with Gasteiger partial charge in [0.15, 0.2) is 0 Å². The van der Waals surface area contributed by atoms with Gasteiger partial charge < -0.3 is 15.2 Å². The first-order chi connectivity index (χ1) is 17.5. The highest BCUT2D eigenvalue weighted by Gasteiger charge is 2.08. The van der Waals surface area contributed by atoms with Gasteiger partial charge in [-0.05, 0) is 44.4 Å². The zero-order valence-electron chi connectivity index (χ0n) is 21.9. The summed E-state index contributed by atoms with van der Waals surface area (Å²) in [6, 6.07) is 5.52. The third kappa shape index (κ3) is 17.9. The number of non-ortho nitro benzene ring substituents is 1. The average molecular weight is 507 g/mol. The second-order valence-corrected chi connectivity index (χ2v) is 9.39. The van der Waals surface area contributed by atoms with E-state index in [1.54, 1.807) is 0 Å². The fourth-order valence-electron chi connectivity index (χ4n) is 3.98. The van der Waals surface area contributed by atoms with Crippen LogP contribution < -0.4 is 10.5 Å². The molecule has 1 aromatic rings. The van der Waals surface area contributed by atoms with Crippen molar-refractivity contribution in [1.29, 1.82) is 0 Å². The maximum absolute atomic E-state index is 11.9. The van der Waals surface area contributed by atoms with Crippen LogP contribution in [-0.4, -0.2) is 30.0 Å². The number of hydrogen-bond donors (Lipinski definition) is 1. The van der Waals surface area contributed by atoms with Gasteiger partial charge in [0.2, 0.25) is 0 Å². The molecule has 8 heteroatoms. The molecule has 0 unspecified atom stereocenters. The Hall–Kier alpha value is -2.48. The second-order valence-electron chi connectivity index (χ2n) is 9.39. The van der Waals surface area contributed by atoms with Crippen molar-refractivity contribution in [2.24, 2.45) is 5.73 Å². The van der Waals surface area contributed by atoms with Crippen molar-refractivity contribution in [3.63, 3.8) is 0 Å². The predicted molar refractivity (Wildman–Crippen MR) is 142 cm³/mol. The zero-order valence-corrected chi connectivity index (χ0v) is 21.9. The lowest BCUT2D eigenvalue weighted by molar-refractivity contribution is -0.384. The van der Waals surface area contributed by atoms with Crippen LogP contribution in [0.5, 0.6) is 5.75 Å². The van der Waals surface area contributed by atoms with E-state index >= 15 is 0 Å². The van der Waals surface area contributed by atoms with E-state index < -0.39 is 4.92 Å². The Bertz CT molecular complexity index is 723. The molecule has 1 rings (SSSR count). The van der Waals surface area contributed by atoms with E-state index in [-0.39, 0.29) is 17.6 Å². The van der Waals surface area contributed by atoms with E-state index in [9.17, 15) is 19.7 Å². The molecule has 0 aliphatic carbocycles. The van der Waals surface area contributed by atoms with E-state index in [1.807, 2.05) is 0 Å². The third-order valence-corrected chi connectivity index (χ3v) is 6.15. The van der Waals surface area contributed by atoms with Gasteiger partial charge in [0, 0.05) is 25.0 Å². The summed E-state index contributed by atoms with van der Waals surface area (Å²) in [4.78, 5) is 33.8. The van der Waals surface area contributed by atoms with Gasteiger partial charge >= 0.3 is 11.9 Å². The van der Waals surface area contributed by atoms with Crippen molar-refractivity contribution in [2.75, 3.05) is 13.2 Å². The topological polar surface area (TPSA) is 122 Å². The highest BCUT2D eigenvalue weighted by molar-refractivity contribution is 5.72. The summed E-state index contributed by atoms with van der Waals surface area (Å²) in [5, 5.41) is 10.6. The molecule has 2 N–H and O–H groups in total. The number of ether oxygens (including phenoxy) is 2. The number of unbranched alkanes of at least 4 members (excludes halogenated alkanes) is 14. The largest absolute Gasteiger partial charge is 0.466 e. The molecule has 0 amide bonds. The maximum Gasteiger partial charge on any atom is 0.311 e. The van der Waals surface area contributed by atoms with Crippen molar-refractivity contribution >= 4 is 17.6 Å². The molecule has 0 heterocycles. The molecule has 0 atom stereocenters. The van der Waals surface area contributed by atoms with Crippen LogP contribution in [0.4, 0.5) is 5.69 Å². The van der Waals surface area contributed by atoms with Crippen molar-refractivity contribution in [3.8, 4) is 5.75 Å². The fourth-order valence-corrected chi connectivity index (χ4v) is 3.98. The van der Waals surface area contributed by atoms with Crippen LogP contribution in [-0.2, 0) is 14.3 Å². The minimum absolute atomic E-state index is 0.0300. The van der Waals surface area contributed by atoms with E-state index in [4.69, 9.17) is 15.2 Å². The van der Waals surface area contributed by atoms with Crippen molar-refractivity contribution in [1.82, 2.24) is 0 Å². The van der Waals surface area contributed by atoms with Crippen molar-refractivity contribution in [2.45, 2.75) is 116 Å². The normalized spacial score (nSPS) is 10.8. The molecular weight excluding hydrogens is 460 g/mol. The highest BCUT2D eigenvalue weighted by Crippen LogP contribution is 2.18. The first kappa shape index (κ1) is 31.5. The maximum atomic E-state index is 11.9. The molecule has 204 valence electrons. The van der Waals surface area contributed by atoms with Crippen LogP contribution in [0.1, 0.15) is 116 Å². The van der Waals surface area contributed by atoms with Gasteiger partial charge in [-0.25, -0.2) is 0 Å². The molecule has 0 saturated carbocycles. The van der Waals surface area contributed by atoms with Crippen LogP contribution in [0.25, 0.3) is 0 Å². The Kier molecular flexibility index (Phi) is 19.1. The first-order valence-electron chi connectivity index (χ1n) is 13.8. The number of nitro groups is 1. The highest BCUT2D eigenvalue weighted by atomic mass is 16.6. The van der Waals surface area contributed by atoms with Gasteiger partial charge in [0.05, 0.1) is 11.5 Å². The van der Waals surface area contributed by atoms with Crippen LogP contribution in [0.2, 0.25) is 0 Å². The van der Waals surface area contributed by atoms with E-state index in [2.05, 4.69) is 0 Å². The minimum Gasteiger partial charge on any atom is -0.466 e. The lowest BCUT2D eigenvalue weighted by atomic mass is 10.1. The number of nitro benzene ring substituents is 1. The van der Waals surface area contributed by atoms with Gasteiger partial charge in [-0.3, -0.25) is 19.7 Å². The number of rotatable bonds is 23. The number of nitrogens with zero attached hydrogens (tertiary/aromatic N) is 1. The number of nitrogens with two attached hydrogens (primary N) is 1. The molecule has 0 radical (unpaired) electrons. The van der Waals surface area contributed by atoms with Crippen LogP contribution in [0.15, 0.2) is 24.3 Å². The molecule has 0 saturated heterocycles. The number of hydrogen-bond acceptors (Lipinski definition) is 7. The Labute approximate surface area is 216 Å². The van der Waals surface area contributed by atoms with Crippen LogP contribution >= 0.6 is 0 Å². The summed E-state index contributed by atoms with van der Waals surface area (Å²) in [6.07, 6.45) is 18.5. The molecule has 0 aliphatic heterocycles. The fraction of sp³-hybridized carbons (Fsp3) is 0.714. The molecule has 0 spiro atoms. The lowest BCUT2D eigenvalue weighted by Crippen LogP contribution is -2.07. The van der Waals surface area contributed by atoms with Crippen molar-refractivity contribution < 1.29 is 24.0 Å². The van der Waals surface area contributed by atoms with Gasteiger partial charge in [0.1, 0.15) is 5.75 Å². The van der Waals surface area contributed by atoms with Gasteiger partial charge in [-0.15, -0.1) is 0 Å². The standard InChI is InChI=1S/C28H46N2O6/c29-23-15-11-7-3-1-5-9-13-17-27(31)35-24-16-12-8-4-2-6-10-14-18-28(32)36-26-21-19-25(20-22-26)30(33)34/h19-22H,1-18,23-24,29H2. The van der Waals surface area contributed by atoms with Crippen LogP contribution in [0.3, 0.4) is 0 Å². The van der Waals surface area contributed by atoms with Crippen molar-refractivity contribution in [3.05, 3.63) is 34.4 Å². The quantitative estimate of drug-likeness (QED) is 0.0556. The second kappa shape index (κ2) is 21.8. The summed E-state index contributed by atoms with van der Waals surface area (Å²) < 4.78 is 10.5. The Morgan fingerprint density at radius 1 is 0.667 bits per heavy atom. The average Bonchev–Trinajstić information content (AvgIpc) is 2.86. The molecule has 36 heavy (non-hydrogen) atoms. The molecular formula is C28H46N2O6. The minimum atomic E-state index is -0.488. The lowest BCUT2D eigenvalue weighted by Gasteiger charge is -2.06. The SMILES string of the molecule is NCCCCCCCCCCC(=O)OCCCCCCCCCCC(=O)Oc1ccc([N+](=O)[O-])cc1.